The summed E-state index contributed by atoms with van der Waals surface area (Å²) >= 11 is 0. The maximum Gasteiger partial charge on any atom is 0.274 e. The second kappa shape index (κ2) is 8.30. The Kier molecular flexibility index (Phi) is 5.65. The van der Waals surface area contributed by atoms with Crippen LogP contribution in [0.4, 0.5) is 5.69 Å². The SMILES string of the molecule is COCCCNC(=O)c1cccc(C(=O)Nc2ccc3c(c2)OCO3)n1. The molecule has 0 atom stereocenters. The monoisotopic (exact) mass is 357 g/mol. The van der Waals surface area contributed by atoms with Crippen molar-refractivity contribution in [1.29, 1.82) is 0 Å². The van der Waals surface area contributed by atoms with E-state index in [4.69, 9.17) is 14.2 Å². The van der Waals surface area contributed by atoms with E-state index in [-0.39, 0.29) is 24.1 Å². The molecule has 0 spiro atoms. The summed E-state index contributed by atoms with van der Waals surface area (Å²) < 4.78 is 15.4. The minimum absolute atomic E-state index is 0.146. The maximum absolute atomic E-state index is 12.4. The van der Waals surface area contributed by atoms with E-state index in [1.807, 2.05) is 0 Å². The van der Waals surface area contributed by atoms with Gasteiger partial charge in [-0.3, -0.25) is 9.59 Å². The summed E-state index contributed by atoms with van der Waals surface area (Å²) in [6.07, 6.45) is 0.701. The summed E-state index contributed by atoms with van der Waals surface area (Å²) in [5.41, 5.74) is 0.878. The van der Waals surface area contributed by atoms with Crippen molar-refractivity contribution in [2.75, 3.05) is 32.4 Å². The number of carbonyl (C=O) groups is 2. The number of pyridine rings is 1. The molecular weight excluding hydrogens is 338 g/mol. The molecule has 1 aliphatic heterocycles. The van der Waals surface area contributed by atoms with Gasteiger partial charge in [0.1, 0.15) is 11.4 Å². The Morgan fingerprint density at radius 1 is 1.12 bits per heavy atom. The average molecular weight is 357 g/mol. The third-order valence-corrected chi connectivity index (χ3v) is 3.66. The molecule has 8 nitrogen and oxygen atoms in total. The number of carbonyl (C=O) groups excluding carboxylic acids is 2. The number of nitrogens with zero attached hydrogens (tertiary/aromatic N) is 1. The number of benzene rings is 1. The minimum atomic E-state index is -0.419. The van der Waals surface area contributed by atoms with Crippen molar-refractivity contribution in [3.63, 3.8) is 0 Å². The summed E-state index contributed by atoms with van der Waals surface area (Å²) in [5.74, 6) is 0.449. The molecule has 0 unspecified atom stereocenters. The number of nitrogens with one attached hydrogen (secondary N) is 2. The van der Waals surface area contributed by atoms with Crippen molar-refractivity contribution < 1.29 is 23.8 Å². The van der Waals surface area contributed by atoms with Crippen LogP contribution in [0.1, 0.15) is 27.4 Å². The Balaban J connectivity index is 1.63. The summed E-state index contributed by atoms with van der Waals surface area (Å²) in [5, 5.41) is 5.46. The van der Waals surface area contributed by atoms with E-state index < -0.39 is 5.91 Å². The van der Waals surface area contributed by atoms with Gasteiger partial charge < -0.3 is 24.8 Å². The normalized spacial score (nSPS) is 11.9. The first-order valence-electron chi connectivity index (χ1n) is 8.12. The van der Waals surface area contributed by atoms with Crippen molar-refractivity contribution >= 4 is 17.5 Å². The summed E-state index contributed by atoms with van der Waals surface area (Å²) in [6, 6.07) is 9.82. The van der Waals surface area contributed by atoms with Crippen LogP contribution in [0.15, 0.2) is 36.4 Å². The first-order valence-corrected chi connectivity index (χ1v) is 8.12. The van der Waals surface area contributed by atoms with E-state index in [1.54, 1.807) is 43.5 Å². The first-order chi connectivity index (χ1) is 12.7. The summed E-state index contributed by atoms with van der Waals surface area (Å²) in [6.45, 7) is 1.20. The molecular formula is C18H19N3O5. The zero-order chi connectivity index (χ0) is 18.4. The molecule has 0 fully saturated rings. The Bertz CT molecular complexity index is 809. The zero-order valence-corrected chi connectivity index (χ0v) is 14.3. The molecule has 0 saturated heterocycles. The molecule has 0 radical (unpaired) electrons. The lowest BCUT2D eigenvalue weighted by atomic mass is 10.2. The van der Waals surface area contributed by atoms with Crippen LogP contribution in [0.3, 0.4) is 0 Å². The predicted molar refractivity (Wildman–Crippen MR) is 93.6 cm³/mol. The number of amides is 2. The van der Waals surface area contributed by atoms with Gasteiger partial charge in [-0.1, -0.05) is 6.07 Å². The fraction of sp³-hybridized carbons (Fsp3) is 0.278. The van der Waals surface area contributed by atoms with Gasteiger partial charge in [-0.05, 0) is 30.7 Å². The lowest BCUT2D eigenvalue weighted by Crippen LogP contribution is -2.27. The van der Waals surface area contributed by atoms with Crippen molar-refractivity contribution in [3.05, 3.63) is 47.8 Å². The predicted octanol–water partition coefficient (Wildman–Crippen LogP) is 1.83. The van der Waals surface area contributed by atoms with E-state index in [1.165, 1.54) is 0 Å². The smallest absolute Gasteiger partial charge is 0.274 e. The number of ether oxygens (including phenoxy) is 3. The Labute approximate surface area is 150 Å². The maximum atomic E-state index is 12.4. The molecule has 8 heteroatoms. The molecule has 3 rings (SSSR count). The van der Waals surface area contributed by atoms with Crippen LogP contribution in [0.2, 0.25) is 0 Å². The highest BCUT2D eigenvalue weighted by Crippen LogP contribution is 2.34. The Hall–Kier alpha value is -3.13. The number of fused-ring (bicyclic) bond motifs is 1. The fourth-order valence-electron chi connectivity index (χ4n) is 2.37. The third-order valence-electron chi connectivity index (χ3n) is 3.66. The molecule has 1 aliphatic rings. The van der Waals surface area contributed by atoms with Gasteiger partial charge in [-0.2, -0.15) is 0 Å². The van der Waals surface area contributed by atoms with E-state index in [0.29, 0.717) is 36.8 Å². The summed E-state index contributed by atoms with van der Waals surface area (Å²) in [7, 11) is 1.60. The Morgan fingerprint density at radius 3 is 2.69 bits per heavy atom. The molecule has 0 bridgehead atoms. The molecule has 1 aromatic heterocycles. The molecule has 2 amide bonds. The van der Waals surface area contributed by atoms with Gasteiger partial charge in [-0.15, -0.1) is 0 Å². The largest absolute Gasteiger partial charge is 0.454 e. The van der Waals surface area contributed by atoms with Crippen LogP contribution in [0.5, 0.6) is 11.5 Å². The van der Waals surface area contributed by atoms with Gasteiger partial charge in [-0.25, -0.2) is 4.98 Å². The molecule has 26 heavy (non-hydrogen) atoms. The minimum Gasteiger partial charge on any atom is -0.454 e. The highest BCUT2D eigenvalue weighted by molar-refractivity contribution is 6.04. The quantitative estimate of drug-likeness (QED) is 0.734. The Morgan fingerprint density at radius 2 is 1.88 bits per heavy atom. The summed E-state index contributed by atoms with van der Waals surface area (Å²) in [4.78, 5) is 28.6. The molecule has 2 N–H and O–H groups in total. The van der Waals surface area contributed by atoms with Gasteiger partial charge in [0.25, 0.3) is 11.8 Å². The topological polar surface area (TPSA) is 98.8 Å². The van der Waals surface area contributed by atoms with E-state index in [0.717, 1.165) is 0 Å². The molecule has 2 heterocycles. The highest BCUT2D eigenvalue weighted by Gasteiger charge is 2.16. The second-order valence-corrected chi connectivity index (χ2v) is 5.53. The lowest BCUT2D eigenvalue weighted by Gasteiger charge is -2.08. The molecule has 136 valence electrons. The number of hydrogen-bond acceptors (Lipinski definition) is 6. The van der Waals surface area contributed by atoms with E-state index in [2.05, 4.69) is 15.6 Å². The van der Waals surface area contributed by atoms with Crippen LogP contribution in [0.25, 0.3) is 0 Å². The van der Waals surface area contributed by atoms with Crippen molar-refractivity contribution in [1.82, 2.24) is 10.3 Å². The van der Waals surface area contributed by atoms with Crippen LogP contribution in [-0.2, 0) is 4.74 Å². The third kappa shape index (κ3) is 4.28. The first kappa shape index (κ1) is 17.7. The number of anilines is 1. The van der Waals surface area contributed by atoms with Crippen molar-refractivity contribution in [3.8, 4) is 11.5 Å². The number of aromatic nitrogens is 1. The molecule has 1 aromatic carbocycles. The van der Waals surface area contributed by atoms with Crippen molar-refractivity contribution in [2.45, 2.75) is 6.42 Å². The van der Waals surface area contributed by atoms with Gasteiger partial charge in [0.2, 0.25) is 6.79 Å². The highest BCUT2D eigenvalue weighted by atomic mass is 16.7. The number of rotatable bonds is 7. The standard InChI is InChI=1S/C18H19N3O5/c1-24-9-3-8-19-17(22)13-4-2-5-14(21-13)18(23)20-12-6-7-15-16(10-12)26-11-25-15/h2,4-7,10H,3,8-9,11H2,1H3,(H,19,22)(H,20,23). The van der Waals surface area contributed by atoms with Crippen molar-refractivity contribution in [2.24, 2.45) is 0 Å². The van der Waals surface area contributed by atoms with Crippen LogP contribution < -0.4 is 20.1 Å². The molecule has 0 aliphatic carbocycles. The zero-order valence-electron chi connectivity index (χ0n) is 14.3. The van der Waals surface area contributed by atoms with Crippen LogP contribution in [-0.4, -0.2) is 43.9 Å². The van der Waals surface area contributed by atoms with E-state index >= 15 is 0 Å². The van der Waals surface area contributed by atoms with Gasteiger partial charge in [0.15, 0.2) is 11.5 Å². The van der Waals surface area contributed by atoms with Crippen LogP contribution in [0, 0.1) is 0 Å². The molecule has 2 aromatic rings. The van der Waals surface area contributed by atoms with Gasteiger partial charge in [0, 0.05) is 32.0 Å². The number of hydrogen-bond donors (Lipinski definition) is 2. The average Bonchev–Trinajstić information content (AvgIpc) is 3.13. The molecule has 0 saturated carbocycles. The lowest BCUT2D eigenvalue weighted by molar-refractivity contribution is 0.0943. The van der Waals surface area contributed by atoms with Crippen LogP contribution >= 0.6 is 0 Å². The fourth-order valence-corrected chi connectivity index (χ4v) is 2.37. The van der Waals surface area contributed by atoms with Gasteiger partial charge in [0.05, 0.1) is 0 Å². The second-order valence-electron chi connectivity index (χ2n) is 5.53. The van der Waals surface area contributed by atoms with E-state index in [9.17, 15) is 9.59 Å². The van der Waals surface area contributed by atoms with Gasteiger partial charge >= 0.3 is 0 Å². The number of methoxy groups -OCH3 is 1.